The van der Waals surface area contributed by atoms with E-state index in [-0.39, 0.29) is 6.03 Å². The molecule has 0 radical (unpaired) electrons. The molecule has 1 rings (SSSR count). The van der Waals surface area contributed by atoms with Crippen LogP contribution in [0.25, 0.3) is 0 Å². The normalized spacial score (nSPS) is 21.1. The van der Waals surface area contributed by atoms with E-state index in [0.717, 1.165) is 32.3 Å². The first kappa shape index (κ1) is 17.8. The van der Waals surface area contributed by atoms with Crippen molar-refractivity contribution in [2.45, 2.75) is 52.5 Å². The molecule has 1 unspecified atom stereocenters. The number of ether oxygens (including phenoxy) is 1. The van der Waals surface area contributed by atoms with Gasteiger partial charge in [0.05, 0.1) is 0 Å². The fourth-order valence-electron chi connectivity index (χ4n) is 2.80. The fourth-order valence-corrected chi connectivity index (χ4v) is 2.80. The number of carbonyl (C=O) groups is 2. The van der Waals surface area contributed by atoms with Crippen LogP contribution in [-0.4, -0.2) is 54.4 Å². The van der Waals surface area contributed by atoms with Crippen LogP contribution in [0.1, 0.15) is 46.5 Å². The number of aliphatic carboxylic acids is 1. The minimum absolute atomic E-state index is 0.286. The smallest absolute Gasteiger partial charge is 0.327 e. The molecule has 6 nitrogen and oxygen atoms in total. The predicted molar refractivity (Wildman–Crippen MR) is 80.3 cm³/mol. The first-order valence-electron chi connectivity index (χ1n) is 7.75. The Morgan fingerprint density at radius 2 is 2.10 bits per heavy atom. The van der Waals surface area contributed by atoms with Gasteiger partial charge >= 0.3 is 12.0 Å². The summed E-state index contributed by atoms with van der Waals surface area (Å²) in [6.45, 7) is 8.21. The summed E-state index contributed by atoms with van der Waals surface area (Å²) in [5, 5.41) is 12.2. The molecule has 1 aliphatic heterocycles. The fraction of sp³-hybridized carbons (Fsp3) is 0.867. The molecule has 0 aromatic carbocycles. The predicted octanol–water partition coefficient (Wildman–Crippen LogP) is 2.09. The molecule has 0 spiro atoms. The molecule has 0 saturated carbocycles. The van der Waals surface area contributed by atoms with E-state index in [1.54, 1.807) is 0 Å². The van der Waals surface area contributed by atoms with Crippen molar-refractivity contribution in [3.8, 4) is 0 Å². The summed E-state index contributed by atoms with van der Waals surface area (Å²) in [6.07, 6.45) is 3.37. The topological polar surface area (TPSA) is 78.9 Å². The van der Waals surface area contributed by atoms with Crippen LogP contribution >= 0.6 is 0 Å². The minimum Gasteiger partial charge on any atom is -0.480 e. The van der Waals surface area contributed by atoms with Gasteiger partial charge in [-0.3, -0.25) is 0 Å². The third kappa shape index (κ3) is 5.19. The maximum atomic E-state index is 12.2. The molecule has 0 aromatic heterocycles. The highest BCUT2D eigenvalue weighted by Crippen LogP contribution is 2.35. The van der Waals surface area contributed by atoms with Crippen molar-refractivity contribution in [1.29, 1.82) is 0 Å². The summed E-state index contributed by atoms with van der Waals surface area (Å²) in [6, 6.07) is -1.05. The van der Waals surface area contributed by atoms with Gasteiger partial charge in [0, 0.05) is 26.3 Å². The van der Waals surface area contributed by atoms with Crippen molar-refractivity contribution in [3.05, 3.63) is 0 Å². The van der Waals surface area contributed by atoms with Gasteiger partial charge in [-0.25, -0.2) is 9.59 Å². The monoisotopic (exact) mass is 300 g/mol. The van der Waals surface area contributed by atoms with E-state index >= 15 is 0 Å². The molecule has 1 atom stereocenters. The summed E-state index contributed by atoms with van der Waals surface area (Å²) >= 11 is 0. The number of hydrogen-bond donors (Lipinski definition) is 2. The number of amides is 2. The Labute approximate surface area is 126 Å². The van der Waals surface area contributed by atoms with Crippen LogP contribution < -0.4 is 5.32 Å². The van der Waals surface area contributed by atoms with Crippen LogP contribution in [0.2, 0.25) is 0 Å². The van der Waals surface area contributed by atoms with Crippen LogP contribution in [0.5, 0.6) is 0 Å². The van der Waals surface area contributed by atoms with Crippen molar-refractivity contribution < 1.29 is 19.4 Å². The first-order chi connectivity index (χ1) is 9.90. The van der Waals surface area contributed by atoms with Crippen molar-refractivity contribution in [2.24, 2.45) is 5.41 Å². The molecule has 6 heteroatoms. The van der Waals surface area contributed by atoms with Gasteiger partial charge in [0.25, 0.3) is 0 Å². The number of carboxylic acids is 1. The quantitative estimate of drug-likeness (QED) is 0.706. The zero-order chi connectivity index (χ0) is 15.9. The number of likely N-dealkylation sites (tertiary alicyclic amines) is 1. The summed E-state index contributed by atoms with van der Waals surface area (Å²) in [7, 11) is 0. The Bertz CT molecular complexity index is 358. The maximum Gasteiger partial charge on any atom is 0.327 e. The van der Waals surface area contributed by atoms with Gasteiger partial charge in [-0.05, 0) is 31.1 Å². The molecule has 1 heterocycles. The molecule has 122 valence electrons. The molecular weight excluding hydrogens is 272 g/mol. The van der Waals surface area contributed by atoms with Gasteiger partial charge in [0.15, 0.2) is 0 Å². The van der Waals surface area contributed by atoms with Gasteiger partial charge in [-0.15, -0.1) is 0 Å². The number of carbonyl (C=O) groups excluding carboxylic acids is 1. The lowest BCUT2D eigenvalue weighted by molar-refractivity contribution is -0.148. The summed E-state index contributed by atoms with van der Waals surface area (Å²) in [5.41, 5.74) is -0.397. The minimum atomic E-state index is -0.930. The number of urea groups is 1. The zero-order valence-corrected chi connectivity index (χ0v) is 13.4. The second-order valence-corrected chi connectivity index (χ2v) is 6.22. The van der Waals surface area contributed by atoms with E-state index in [1.807, 2.05) is 20.8 Å². The third-order valence-corrected chi connectivity index (χ3v) is 3.86. The van der Waals surface area contributed by atoms with Crippen LogP contribution in [0.4, 0.5) is 4.79 Å². The van der Waals surface area contributed by atoms with Gasteiger partial charge in [0.2, 0.25) is 0 Å². The van der Waals surface area contributed by atoms with E-state index in [4.69, 9.17) is 4.74 Å². The lowest BCUT2D eigenvalue weighted by atomic mass is 9.76. The van der Waals surface area contributed by atoms with E-state index in [2.05, 4.69) is 5.32 Å². The van der Waals surface area contributed by atoms with Gasteiger partial charge in [-0.1, -0.05) is 20.8 Å². The summed E-state index contributed by atoms with van der Waals surface area (Å²) in [4.78, 5) is 25.1. The molecule has 0 bridgehead atoms. The van der Waals surface area contributed by atoms with Gasteiger partial charge < -0.3 is 20.1 Å². The standard InChI is InChI=1S/C15H28N2O4/c1-4-10-21-11-6-8-16-14(20)17-9-5-7-15(2,3)12(17)13(18)19/h12H,4-11H2,1-3H3,(H,16,20)(H,18,19). The van der Waals surface area contributed by atoms with Gasteiger partial charge in [0.1, 0.15) is 6.04 Å². The van der Waals surface area contributed by atoms with Crippen LogP contribution in [-0.2, 0) is 9.53 Å². The first-order valence-corrected chi connectivity index (χ1v) is 7.75. The number of nitrogens with zero attached hydrogens (tertiary/aromatic N) is 1. The molecular formula is C15H28N2O4. The average molecular weight is 300 g/mol. The van der Waals surface area contributed by atoms with Crippen LogP contribution in [0.15, 0.2) is 0 Å². The Hall–Kier alpha value is -1.30. The molecule has 1 fully saturated rings. The second-order valence-electron chi connectivity index (χ2n) is 6.22. The zero-order valence-electron chi connectivity index (χ0n) is 13.4. The van der Waals surface area contributed by atoms with E-state index in [9.17, 15) is 14.7 Å². The lowest BCUT2D eigenvalue weighted by Crippen LogP contribution is -2.58. The Kier molecular flexibility index (Phi) is 6.95. The largest absolute Gasteiger partial charge is 0.480 e. The number of carboxylic acid groups (broad SMARTS) is 1. The molecule has 1 aliphatic rings. The number of nitrogens with one attached hydrogen (secondary N) is 1. The molecule has 21 heavy (non-hydrogen) atoms. The summed E-state index contributed by atoms with van der Waals surface area (Å²) in [5.74, 6) is -0.930. The second kappa shape index (κ2) is 8.22. The van der Waals surface area contributed by atoms with E-state index < -0.39 is 17.4 Å². The molecule has 0 aliphatic carbocycles. The van der Waals surface area contributed by atoms with Crippen molar-refractivity contribution in [2.75, 3.05) is 26.3 Å². The van der Waals surface area contributed by atoms with Crippen molar-refractivity contribution in [1.82, 2.24) is 10.2 Å². The molecule has 2 N–H and O–H groups in total. The number of piperidine rings is 1. The maximum absolute atomic E-state index is 12.2. The average Bonchev–Trinajstić information content (AvgIpc) is 2.40. The lowest BCUT2D eigenvalue weighted by Gasteiger charge is -2.43. The third-order valence-electron chi connectivity index (χ3n) is 3.86. The Morgan fingerprint density at radius 3 is 2.71 bits per heavy atom. The summed E-state index contributed by atoms with van der Waals surface area (Å²) < 4.78 is 5.34. The molecule has 0 aromatic rings. The van der Waals surface area contributed by atoms with Crippen molar-refractivity contribution in [3.63, 3.8) is 0 Å². The van der Waals surface area contributed by atoms with E-state index in [1.165, 1.54) is 4.90 Å². The van der Waals surface area contributed by atoms with E-state index in [0.29, 0.717) is 19.7 Å². The number of rotatable bonds is 7. The van der Waals surface area contributed by atoms with Crippen LogP contribution in [0.3, 0.4) is 0 Å². The molecule has 1 saturated heterocycles. The molecule has 2 amide bonds. The highest BCUT2D eigenvalue weighted by atomic mass is 16.5. The Morgan fingerprint density at radius 1 is 1.38 bits per heavy atom. The van der Waals surface area contributed by atoms with Crippen molar-refractivity contribution >= 4 is 12.0 Å². The number of hydrogen-bond acceptors (Lipinski definition) is 3. The van der Waals surface area contributed by atoms with Gasteiger partial charge in [-0.2, -0.15) is 0 Å². The van der Waals surface area contributed by atoms with Crippen LogP contribution in [0, 0.1) is 5.41 Å². The highest BCUT2D eigenvalue weighted by molar-refractivity contribution is 5.83. The SMILES string of the molecule is CCCOCCCNC(=O)N1CCCC(C)(C)C1C(=O)O. The highest BCUT2D eigenvalue weighted by Gasteiger charge is 2.44. The Balaban J connectivity index is 2.46.